The van der Waals surface area contributed by atoms with Crippen LogP contribution in [-0.4, -0.2) is 13.2 Å². The number of anilines is 1. The van der Waals surface area contributed by atoms with Gasteiger partial charge in [0.05, 0.1) is 5.02 Å². The van der Waals surface area contributed by atoms with Gasteiger partial charge >= 0.3 is 0 Å². The summed E-state index contributed by atoms with van der Waals surface area (Å²) in [7, 11) is 0. The van der Waals surface area contributed by atoms with Crippen LogP contribution in [0.15, 0.2) is 34.8 Å². The summed E-state index contributed by atoms with van der Waals surface area (Å²) >= 11 is 9.79. The average molecular weight is 369 g/mol. The normalized spacial score (nSPS) is 13.1. The molecule has 0 saturated carbocycles. The van der Waals surface area contributed by atoms with Crippen molar-refractivity contribution in [3.63, 3.8) is 0 Å². The quantitative estimate of drug-likeness (QED) is 0.844. The fourth-order valence-corrected chi connectivity index (χ4v) is 2.91. The van der Waals surface area contributed by atoms with Crippen LogP contribution in [0, 0.1) is 6.92 Å². The van der Waals surface area contributed by atoms with Crippen molar-refractivity contribution in [1.82, 2.24) is 0 Å². The van der Waals surface area contributed by atoms with Crippen molar-refractivity contribution in [2.24, 2.45) is 0 Å². The van der Waals surface area contributed by atoms with E-state index in [4.69, 9.17) is 21.1 Å². The monoisotopic (exact) mass is 367 g/mol. The molecule has 0 spiro atoms. The van der Waals surface area contributed by atoms with Gasteiger partial charge in [0.1, 0.15) is 13.2 Å². The van der Waals surface area contributed by atoms with E-state index >= 15 is 0 Å². The Morgan fingerprint density at radius 3 is 2.86 bits per heavy atom. The van der Waals surface area contributed by atoms with E-state index in [1.165, 1.54) is 5.56 Å². The second-order valence-electron chi connectivity index (χ2n) is 4.94. The summed E-state index contributed by atoms with van der Waals surface area (Å²) in [4.78, 5) is 0. The lowest BCUT2D eigenvalue weighted by Crippen LogP contribution is -2.16. The van der Waals surface area contributed by atoms with Gasteiger partial charge in [0, 0.05) is 16.7 Å². The summed E-state index contributed by atoms with van der Waals surface area (Å²) in [6.45, 7) is 3.83. The van der Waals surface area contributed by atoms with Crippen molar-refractivity contribution in [3.8, 4) is 11.5 Å². The van der Waals surface area contributed by atoms with Gasteiger partial charge in [-0.3, -0.25) is 0 Å². The molecule has 3 rings (SSSR count). The Morgan fingerprint density at radius 2 is 2.00 bits per heavy atom. The largest absolute Gasteiger partial charge is 0.486 e. The molecule has 1 heterocycles. The summed E-state index contributed by atoms with van der Waals surface area (Å²) in [6.07, 6.45) is 0. The maximum Gasteiger partial charge on any atom is 0.179 e. The summed E-state index contributed by atoms with van der Waals surface area (Å²) in [5.41, 5.74) is 3.32. The van der Waals surface area contributed by atoms with Crippen LogP contribution >= 0.6 is 27.5 Å². The van der Waals surface area contributed by atoms with Gasteiger partial charge in [0.15, 0.2) is 11.5 Å². The number of ether oxygens (including phenoxy) is 2. The van der Waals surface area contributed by atoms with Gasteiger partial charge in [0.25, 0.3) is 0 Å². The topological polar surface area (TPSA) is 30.5 Å². The molecule has 3 nitrogen and oxygen atoms in total. The van der Waals surface area contributed by atoms with Crippen molar-refractivity contribution >= 4 is 33.2 Å². The molecule has 0 fully saturated rings. The van der Waals surface area contributed by atoms with Gasteiger partial charge in [-0.05, 0) is 58.2 Å². The molecule has 0 saturated heterocycles. The zero-order chi connectivity index (χ0) is 14.8. The van der Waals surface area contributed by atoms with E-state index in [1.807, 2.05) is 18.2 Å². The van der Waals surface area contributed by atoms with Gasteiger partial charge < -0.3 is 14.8 Å². The average Bonchev–Trinajstić information content (AvgIpc) is 2.48. The molecule has 0 amide bonds. The molecule has 110 valence electrons. The zero-order valence-electron chi connectivity index (χ0n) is 11.6. The van der Waals surface area contributed by atoms with E-state index in [1.54, 1.807) is 0 Å². The predicted molar refractivity (Wildman–Crippen MR) is 88.6 cm³/mol. The van der Waals surface area contributed by atoms with Crippen LogP contribution < -0.4 is 14.8 Å². The van der Waals surface area contributed by atoms with Gasteiger partial charge in [-0.15, -0.1) is 0 Å². The van der Waals surface area contributed by atoms with Crippen LogP contribution in [0.2, 0.25) is 5.02 Å². The molecule has 2 aromatic rings. The highest BCUT2D eigenvalue weighted by Gasteiger charge is 2.16. The molecule has 5 heteroatoms. The van der Waals surface area contributed by atoms with E-state index in [-0.39, 0.29) is 0 Å². The maximum atomic E-state index is 6.24. The number of hydrogen-bond acceptors (Lipinski definition) is 3. The van der Waals surface area contributed by atoms with E-state index in [2.05, 4.69) is 40.3 Å². The number of halogens is 2. The number of aryl methyl sites for hydroxylation is 1. The Labute approximate surface area is 137 Å². The molecule has 0 atom stereocenters. The molecule has 1 aliphatic rings. The van der Waals surface area contributed by atoms with E-state index in [9.17, 15) is 0 Å². The predicted octanol–water partition coefficient (Wildman–Crippen LogP) is 4.79. The van der Waals surface area contributed by atoms with Gasteiger partial charge in [-0.2, -0.15) is 0 Å². The van der Waals surface area contributed by atoms with Crippen molar-refractivity contribution in [2.45, 2.75) is 13.5 Å². The molecule has 21 heavy (non-hydrogen) atoms. The van der Waals surface area contributed by atoms with Gasteiger partial charge in [0.2, 0.25) is 0 Å². The molecular weight excluding hydrogens is 354 g/mol. The zero-order valence-corrected chi connectivity index (χ0v) is 13.9. The van der Waals surface area contributed by atoms with Crippen LogP contribution in [0.4, 0.5) is 5.69 Å². The Balaban J connectivity index is 1.79. The first-order chi connectivity index (χ1) is 10.1. The first-order valence-corrected chi connectivity index (χ1v) is 7.88. The summed E-state index contributed by atoms with van der Waals surface area (Å²) < 4.78 is 12.2. The number of nitrogens with one attached hydrogen (secondary N) is 1. The third-order valence-electron chi connectivity index (χ3n) is 3.26. The summed E-state index contributed by atoms with van der Waals surface area (Å²) in [6, 6.07) is 10.1. The standard InChI is InChI=1S/C16H15BrClNO2/c1-10-2-3-12(17)14(6-10)19-9-11-7-13(18)16-15(8-11)20-4-5-21-16/h2-3,6-8,19H,4-5,9H2,1H3. The maximum absolute atomic E-state index is 6.24. The fourth-order valence-electron chi connectivity index (χ4n) is 2.24. The highest BCUT2D eigenvalue weighted by atomic mass is 79.9. The minimum atomic E-state index is 0.542. The van der Waals surface area contributed by atoms with E-state index < -0.39 is 0 Å². The second kappa shape index (κ2) is 6.16. The van der Waals surface area contributed by atoms with Crippen molar-refractivity contribution in [2.75, 3.05) is 18.5 Å². The lowest BCUT2D eigenvalue weighted by Gasteiger charge is -2.20. The minimum Gasteiger partial charge on any atom is -0.486 e. The highest BCUT2D eigenvalue weighted by molar-refractivity contribution is 9.10. The molecule has 0 radical (unpaired) electrons. The lowest BCUT2D eigenvalue weighted by molar-refractivity contribution is 0.171. The number of hydrogen-bond donors (Lipinski definition) is 1. The van der Waals surface area contributed by atoms with Gasteiger partial charge in [-0.1, -0.05) is 17.7 Å². The SMILES string of the molecule is Cc1ccc(Br)c(NCc2cc(Cl)c3c(c2)OCCO3)c1. The molecule has 0 unspecified atom stereocenters. The van der Waals surface area contributed by atoms with Crippen LogP contribution in [0.5, 0.6) is 11.5 Å². The third-order valence-corrected chi connectivity index (χ3v) is 4.23. The Kier molecular flexibility index (Phi) is 4.27. The molecule has 1 aliphatic heterocycles. The molecular formula is C16H15BrClNO2. The Bertz CT molecular complexity index is 676. The molecule has 0 aliphatic carbocycles. The smallest absolute Gasteiger partial charge is 0.179 e. The second-order valence-corrected chi connectivity index (χ2v) is 6.20. The van der Waals surface area contributed by atoms with Crippen LogP contribution in [0.3, 0.4) is 0 Å². The fraction of sp³-hybridized carbons (Fsp3) is 0.250. The van der Waals surface area contributed by atoms with Gasteiger partial charge in [-0.25, -0.2) is 0 Å². The van der Waals surface area contributed by atoms with Crippen molar-refractivity contribution in [1.29, 1.82) is 0 Å². The van der Waals surface area contributed by atoms with Crippen LogP contribution in [0.25, 0.3) is 0 Å². The van der Waals surface area contributed by atoms with E-state index in [0.29, 0.717) is 36.3 Å². The molecule has 1 N–H and O–H groups in total. The highest BCUT2D eigenvalue weighted by Crippen LogP contribution is 2.38. The minimum absolute atomic E-state index is 0.542. The number of rotatable bonds is 3. The number of benzene rings is 2. The molecule has 2 aromatic carbocycles. The van der Waals surface area contributed by atoms with Crippen LogP contribution in [-0.2, 0) is 6.54 Å². The summed E-state index contributed by atoms with van der Waals surface area (Å²) in [5.74, 6) is 1.36. The summed E-state index contributed by atoms with van der Waals surface area (Å²) in [5, 5.41) is 3.99. The van der Waals surface area contributed by atoms with Crippen LogP contribution in [0.1, 0.15) is 11.1 Å². The molecule has 0 aromatic heterocycles. The molecule has 0 bridgehead atoms. The first kappa shape index (κ1) is 14.5. The number of fused-ring (bicyclic) bond motifs is 1. The first-order valence-electron chi connectivity index (χ1n) is 6.71. The lowest BCUT2D eigenvalue weighted by atomic mass is 10.1. The van der Waals surface area contributed by atoms with Crippen molar-refractivity contribution in [3.05, 3.63) is 51.0 Å². The van der Waals surface area contributed by atoms with Crippen molar-refractivity contribution < 1.29 is 9.47 Å². The Morgan fingerprint density at radius 1 is 1.19 bits per heavy atom. The van der Waals surface area contributed by atoms with E-state index in [0.717, 1.165) is 15.7 Å². The Hall–Kier alpha value is -1.39. The third kappa shape index (κ3) is 3.27.